The Morgan fingerprint density at radius 2 is 2.22 bits per heavy atom. The van der Waals surface area contributed by atoms with Crippen molar-refractivity contribution < 1.29 is 9.53 Å². The summed E-state index contributed by atoms with van der Waals surface area (Å²) in [5.74, 6) is 2.24. The molecule has 126 valence electrons. The second-order valence-corrected chi connectivity index (χ2v) is 7.09. The first-order valence-corrected chi connectivity index (χ1v) is 9.26. The minimum absolute atomic E-state index is 0.0801. The van der Waals surface area contributed by atoms with Gasteiger partial charge < -0.3 is 15.4 Å². The maximum Gasteiger partial charge on any atom is 0.315 e. The van der Waals surface area contributed by atoms with E-state index < -0.39 is 0 Å². The highest BCUT2D eigenvalue weighted by molar-refractivity contribution is 7.99. The first-order chi connectivity index (χ1) is 11.3. The van der Waals surface area contributed by atoms with Crippen LogP contribution >= 0.6 is 11.8 Å². The third-order valence-electron chi connectivity index (χ3n) is 4.50. The quantitative estimate of drug-likeness (QED) is 0.843. The van der Waals surface area contributed by atoms with Crippen LogP contribution in [0.2, 0.25) is 0 Å². The topological polar surface area (TPSA) is 66.5 Å². The number of hydrogen-bond donors (Lipinski definition) is 2. The lowest BCUT2D eigenvalue weighted by molar-refractivity contribution is -0.0124. The zero-order chi connectivity index (χ0) is 16.0. The summed E-state index contributed by atoms with van der Waals surface area (Å²) in [6.07, 6.45) is 2.86. The summed E-state index contributed by atoms with van der Waals surface area (Å²) in [5, 5.41) is 5.94. The molecule has 2 amide bonds. The van der Waals surface area contributed by atoms with Crippen LogP contribution in [0.4, 0.5) is 4.79 Å². The van der Waals surface area contributed by atoms with Crippen molar-refractivity contribution >= 4 is 17.8 Å². The Labute approximate surface area is 141 Å². The van der Waals surface area contributed by atoms with E-state index in [1.165, 1.54) is 0 Å². The van der Waals surface area contributed by atoms with E-state index in [0.29, 0.717) is 13.1 Å². The Kier molecular flexibility index (Phi) is 5.75. The number of ether oxygens (including phenoxy) is 1. The Bertz CT molecular complexity index is 502. The van der Waals surface area contributed by atoms with E-state index in [1.807, 2.05) is 30.0 Å². The van der Waals surface area contributed by atoms with Crippen LogP contribution in [-0.2, 0) is 11.3 Å². The number of morpholine rings is 1. The first kappa shape index (κ1) is 16.5. The van der Waals surface area contributed by atoms with Crippen LogP contribution < -0.4 is 10.6 Å². The maximum atomic E-state index is 12.1. The van der Waals surface area contributed by atoms with E-state index in [2.05, 4.69) is 20.5 Å². The lowest BCUT2D eigenvalue weighted by Crippen LogP contribution is -2.59. The van der Waals surface area contributed by atoms with E-state index in [0.717, 1.165) is 49.9 Å². The molecule has 0 aromatic carbocycles. The van der Waals surface area contributed by atoms with Crippen LogP contribution in [0, 0.1) is 0 Å². The van der Waals surface area contributed by atoms with Crippen molar-refractivity contribution in [1.29, 1.82) is 0 Å². The molecule has 23 heavy (non-hydrogen) atoms. The molecule has 3 heterocycles. The summed E-state index contributed by atoms with van der Waals surface area (Å²) in [6.45, 7) is 4.63. The molecule has 2 N–H and O–H groups in total. The lowest BCUT2D eigenvalue weighted by atomic mass is 9.95. The fourth-order valence-electron chi connectivity index (χ4n) is 3.12. The molecule has 0 spiro atoms. The molecule has 2 saturated heterocycles. The van der Waals surface area contributed by atoms with E-state index in [1.54, 1.807) is 6.20 Å². The van der Waals surface area contributed by atoms with Gasteiger partial charge in [-0.2, -0.15) is 11.8 Å². The van der Waals surface area contributed by atoms with Gasteiger partial charge in [0, 0.05) is 37.1 Å². The molecule has 2 aliphatic rings. The van der Waals surface area contributed by atoms with Gasteiger partial charge in [0.05, 0.1) is 25.5 Å². The average molecular weight is 336 g/mol. The molecule has 3 rings (SSSR count). The van der Waals surface area contributed by atoms with Crippen LogP contribution in [-0.4, -0.2) is 65.8 Å². The number of urea groups is 1. The van der Waals surface area contributed by atoms with Gasteiger partial charge in [0.2, 0.25) is 0 Å². The number of aromatic nitrogens is 1. The lowest BCUT2D eigenvalue weighted by Gasteiger charge is -2.43. The molecule has 1 aromatic heterocycles. The van der Waals surface area contributed by atoms with Gasteiger partial charge in [-0.3, -0.25) is 9.88 Å². The van der Waals surface area contributed by atoms with E-state index in [-0.39, 0.29) is 11.6 Å². The molecular formula is C16H24N4O2S. The Balaban J connectivity index is 1.49. The van der Waals surface area contributed by atoms with Crippen molar-refractivity contribution in [2.75, 3.05) is 44.4 Å². The molecule has 0 bridgehead atoms. The van der Waals surface area contributed by atoms with Gasteiger partial charge in [-0.15, -0.1) is 0 Å². The summed E-state index contributed by atoms with van der Waals surface area (Å²) in [7, 11) is 0. The molecular weight excluding hydrogens is 312 g/mol. The second kappa shape index (κ2) is 7.99. The van der Waals surface area contributed by atoms with E-state index in [4.69, 9.17) is 4.74 Å². The molecule has 0 saturated carbocycles. The number of carbonyl (C=O) groups excluding carboxylic acids is 1. The van der Waals surface area contributed by atoms with Crippen LogP contribution in [0.3, 0.4) is 0 Å². The van der Waals surface area contributed by atoms with Gasteiger partial charge in [-0.25, -0.2) is 4.79 Å². The fourth-order valence-corrected chi connectivity index (χ4v) is 4.59. The summed E-state index contributed by atoms with van der Waals surface area (Å²) in [6, 6.07) is 5.57. The van der Waals surface area contributed by atoms with Gasteiger partial charge in [0.1, 0.15) is 0 Å². The van der Waals surface area contributed by atoms with Crippen molar-refractivity contribution in [1.82, 2.24) is 20.5 Å². The number of amides is 2. The highest BCUT2D eigenvalue weighted by Crippen LogP contribution is 2.33. The third kappa shape index (κ3) is 4.37. The number of carbonyl (C=O) groups is 1. The standard InChI is InChI=1S/C16H24N4O2S/c21-15(18-11-14-3-1-2-5-17-14)19-12-16(4-10-23-13-16)20-6-8-22-9-7-20/h1-3,5H,4,6-13H2,(H2,18,19,21)/t16-/m1/s1. The monoisotopic (exact) mass is 336 g/mol. The van der Waals surface area contributed by atoms with Crippen LogP contribution in [0.5, 0.6) is 0 Å². The Morgan fingerprint density at radius 3 is 2.91 bits per heavy atom. The van der Waals surface area contributed by atoms with Crippen molar-refractivity contribution in [3.8, 4) is 0 Å². The fraction of sp³-hybridized carbons (Fsp3) is 0.625. The second-order valence-electron chi connectivity index (χ2n) is 5.98. The number of nitrogens with zero attached hydrogens (tertiary/aromatic N) is 2. The first-order valence-electron chi connectivity index (χ1n) is 8.11. The number of rotatable bonds is 5. The maximum absolute atomic E-state index is 12.1. The Morgan fingerprint density at radius 1 is 1.35 bits per heavy atom. The largest absolute Gasteiger partial charge is 0.379 e. The van der Waals surface area contributed by atoms with Gasteiger partial charge >= 0.3 is 6.03 Å². The minimum Gasteiger partial charge on any atom is -0.379 e. The molecule has 2 aliphatic heterocycles. The van der Waals surface area contributed by atoms with Gasteiger partial charge in [0.25, 0.3) is 0 Å². The molecule has 1 aromatic rings. The van der Waals surface area contributed by atoms with Crippen LogP contribution in [0.25, 0.3) is 0 Å². The highest BCUT2D eigenvalue weighted by Gasteiger charge is 2.40. The van der Waals surface area contributed by atoms with Crippen molar-refractivity contribution in [2.45, 2.75) is 18.5 Å². The number of hydrogen-bond acceptors (Lipinski definition) is 5. The van der Waals surface area contributed by atoms with Crippen LogP contribution in [0.15, 0.2) is 24.4 Å². The summed E-state index contributed by atoms with van der Waals surface area (Å²) < 4.78 is 5.46. The molecule has 7 heteroatoms. The van der Waals surface area contributed by atoms with E-state index >= 15 is 0 Å². The average Bonchev–Trinajstić information content (AvgIpc) is 3.10. The van der Waals surface area contributed by atoms with Crippen molar-refractivity contribution in [2.24, 2.45) is 0 Å². The van der Waals surface area contributed by atoms with Gasteiger partial charge in [0.15, 0.2) is 0 Å². The van der Waals surface area contributed by atoms with Crippen molar-refractivity contribution in [3.05, 3.63) is 30.1 Å². The minimum atomic E-state index is -0.125. The molecule has 2 fully saturated rings. The van der Waals surface area contributed by atoms with Gasteiger partial charge in [-0.1, -0.05) is 6.07 Å². The predicted molar refractivity (Wildman–Crippen MR) is 91.5 cm³/mol. The molecule has 0 radical (unpaired) electrons. The Hall–Kier alpha value is -1.31. The highest BCUT2D eigenvalue weighted by atomic mass is 32.2. The summed E-state index contributed by atoms with van der Waals surface area (Å²) in [4.78, 5) is 18.8. The number of pyridine rings is 1. The molecule has 6 nitrogen and oxygen atoms in total. The zero-order valence-corrected chi connectivity index (χ0v) is 14.1. The number of nitrogens with one attached hydrogen (secondary N) is 2. The normalized spacial score (nSPS) is 25.2. The summed E-state index contributed by atoms with van der Waals surface area (Å²) in [5.41, 5.74) is 0.943. The smallest absolute Gasteiger partial charge is 0.315 e. The van der Waals surface area contributed by atoms with Crippen molar-refractivity contribution in [3.63, 3.8) is 0 Å². The number of thioether (sulfide) groups is 1. The summed E-state index contributed by atoms with van der Waals surface area (Å²) >= 11 is 1.97. The molecule has 0 unspecified atom stereocenters. The third-order valence-corrected chi connectivity index (χ3v) is 5.73. The SMILES string of the molecule is O=C(NCc1ccccn1)NC[C@]1(N2CCOCC2)CCSC1. The van der Waals surface area contributed by atoms with Crippen LogP contribution in [0.1, 0.15) is 12.1 Å². The zero-order valence-electron chi connectivity index (χ0n) is 13.3. The molecule has 1 atom stereocenters. The van der Waals surface area contributed by atoms with E-state index in [9.17, 15) is 4.79 Å². The predicted octanol–water partition coefficient (Wildman–Crippen LogP) is 1.09. The molecule has 0 aliphatic carbocycles. The van der Waals surface area contributed by atoms with Gasteiger partial charge in [-0.05, 0) is 24.3 Å².